The first-order valence-electron chi connectivity index (χ1n) is 6.25. The Balaban J connectivity index is 1.99. The van der Waals surface area contributed by atoms with Crippen LogP contribution in [0.2, 0.25) is 0 Å². The summed E-state index contributed by atoms with van der Waals surface area (Å²) in [6.45, 7) is 0. The molecule has 0 spiro atoms. The Kier molecular flexibility index (Phi) is 3.06. The quantitative estimate of drug-likeness (QED) is 0.874. The van der Waals surface area contributed by atoms with Gasteiger partial charge < -0.3 is 5.32 Å². The van der Waals surface area contributed by atoms with Crippen LogP contribution in [0.25, 0.3) is 0 Å². The molecule has 4 nitrogen and oxygen atoms in total. The van der Waals surface area contributed by atoms with Crippen LogP contribution in [0.4, 0.5) is 0 Å². The van der Waals surface area contributed by atoms with Crippen molar-refractivity contribution in [3.8, 4) is 0 Å². The number of benzene rings is 2. The number of hydrogen-bond acceptors (Lipinski definition) is 3. The smallest absolute Gasteiger partial charge is 0.241 e. The molecule has 1 fully saturated rings. The van der Waals surface area contributed by atoms with E-state index in [4.69, 9.17) is 0 Å². The molecule has 1 saturated heterocycles. The van der Waals surface area contributed by atoms with E-state index < -0.39 is 27.0 Å². The van der Waals surface area contributed by atoms with Crippen LogP contribution < -0.4 is 5.32 Å². The third-order valence-electron chi connectivity index (χ3n) is 3.42. The maximum absolute atomic E-state index is 12.5. The standard InChI is InChI=1S/C15H13NO3S/c17-15-14(13(16-15)11-7-3-1-4-8-11)20(18,19)12-9-5-2-6-10-12/h1-10,13-14H,(H,16,17)/t13-,14+/m0/s1. The summed E-state index contributed by atoms with van der Waals surface area (Å²) in [6, 6.07) is 16.7. The molecule has 1 aliphatic heterocycles. The average Bonchev–Trinajstić information content (AvgIpc) is 2.46. The van der Waals surface area contributed by atoms with Gasteiger partial charge in [-0.2, -0.15) is 0 Å². The number of β-lactam (4-membered cyclic amide) rings is 1. The number of nitrogens with one attached hydrogen (secondary N) is 1. The van der Waals surface area contributed by atoms with Crippen molar-refractivity contribution in [2.45, 2.75) is 16.2 Å². The summed E-state index contributed by atoms with van der Waals surface area (Å²) in [5.74, 6) is -0.442. The lowest BCUT2D eigenvalue weighted by Gasteiger charge is -2.36. The minimum atomic E-state index is -3.66. The summed E-state index contributed by atoms with van der Waals surface area (Å²) in [5, 5.41) is 1.62. The summed E-state index contributed by atoms with van der Waals surface area (Å²) < 4.78 is 25.1. The van der Waals surface area contributed by atoms with Crippen molar-refractivity contribution in [3.05, 3.63) is 66.2 Å². The Hall–Kier alpha value is -2.14. The van der Waals surface area contributed by atoms with Crippen LogP contribution in [0.1, 0.15) is 11.6 Å². The van der Waals surface area contributed by atoms with Crippen LogP contribution in [0.15, 0.2) is 65.6 Å². The van der Waals surface area contributed by atoms with E-state index in [0.29, 0.717) is 0 Å². The van der Waals surface area contributed by atoms with E-state index in [1.165, 1.54) is 12.1 Å². The second-order valence-electron chi connectivity index (χ2n) is 4.68. The highest BCUT2D eigenvalue weighted by molar-refractivity contribution is 7.93. The number of rotatable bonds is 3. The minimum Gasteiger partial charge on any atom is -0.346 e. The van der Waals surface area contributed by atoms with E-state index in [-0.39, 0.29) is 4.90 Å². The second kappa shape index (κ2) is 4.76. The van der Waals surface area contributed by atoms with E-state index >= 15 is 0 Å². The Bertz CT molecular complexity index is 726. The predicted molar refractivity (Wildman–Crippen MR) is 74.7 cm³/mol. The van der Waals surface area contributed by atoms with Gasteiger partial charge in [0.1, 0.15) is 0 Å². The maximum Gasteiger partial charge on any atom is 0.241 e. The summed E-state index contributed by atoms with van der Waals surface area (Å²) in [7, 11) is -3.66. The van der Waals surface area contributed by atoms with Gasteiger partial charge in [-0.15, -0.1) is 0 Å². The molecule has 1 N–H and O–H groups in total. The Labute approximate surface area is 117 Å². The highest BCUT2D eigenvalue weighted by Gasteiger charge is 2.49. The number of sulfone groups is 1. The van der Waals surface area contributed by atoms with Crippen molar-refractivity contribution >= 4 is 15.7 Å². The largest absolute Gasteiger partial charge is 0.346 e. The predicted octanol–water partition coefficient (Wildman–Crippen LogP) is 1.70. The normalized spacial score (nSPS) is 21.9. The fourth-order valence-corrected chi connectivity index (χ4v) is 4.12. The van der Waals surface area contributed by atoms with Crippen LogP contribution in [-0.2, 0) is 14.6 Å². The molecule has 102 valence electrons. The lowest BCUT2D eigenvalue weighted by Crippen LogP contribution is -2.59. The fraction of sp³-hybridized carbons (Fsp3) is 0.133. The van der Waals surface area contributed by atoms with Gasteiger partial charge in [-0.05, 0) is 17.7 Å². The molecule has 0 saturated carbocycles. The van der Waals surface area contributed by atoms with Crippen LogP contribution in [0.5, 0.6) is 0 Å². The van der Waals surface area contributed by atoms with Gasteiger partial charge in [0.2, 0.25) is 5.91 Å². The van der Waals surface area contributed by atoms with Crippen LogP contribution in [0, 0.1) is 0 Å². The van der Waals surface area contributed by atoms with Crippen molar-refractivity contribution in [2.24, 2.45) is 0 Å². The highest BCUT2D eigenvalue weighted by Crippen LogP contribution is 2.33. The van der Waals surface area contributed by atoms with Gasteiger partial charge in [0.05, 0.1) is 10.9 Å². The van der Waals surface area contributed by atoms with Gasteiger partial charge >= 0.3 is 0 Å². The highest BCUT2D eigenvalue weighted by atomic mass is 32.2. The van der Waals surface area contributed by atoms with Gasteiger partial charge in [0, 0.05) is 0 Å². The number of carbonyl (C=O) groups excluding carboxylic acids is 1. The Morgan fingerprint density at radius 1 is 0.850 bits per heavy atom. The van der Waals surface area contributed by atoms with Gasteiger partial charge in [0.15, 0.2) is 15.1 Å². The van der Waals surface area contributed by atoms with Gasteiger partial charge in [-0.25, -0.2) is 8.42 Å². The first kappa shape index (κ1) is 12.9. The zero-order chi connectivity index (χ0) is 14.2. The summed E-state index contributed by atoms with van der Waals surface area (Å²) in [5.41, 5.74) is 0.802. The van der Waals surface area contributed by atoms with Crippen LogP contribution in [0.3, 0.4) is 0 Å². The molecule has 1 amide bonds. The number of carbonyl (C=O) groups is 1. The second-order valence-corrected chi connectivity index (χ2v) is 6.74. The zero-order valence-electron chi connectivity index (χ0n) is 10.6. The van der Waals surface area contributed by atoms with E-state index in [2.05, 4.69) is 5.32 Å². The lowest BCUT2D eigenvalue weighted by molar-refractivity contribution is -0.127. The summed E-state index contributed by atoms with van der Waals surface area (Å²) in [4.78, 5) is 11.9. The molecular formula is C15H13NO3S. The van der Waals surface area contributed by atoms with Crippen molar-refractivity contribution in [1.29, 1.82) is 0 Å². The molecule has 3 rings (SSSR count). The third kappa shape index (κ3) is 2.00. The fourth-order valence-electron chi connectivity index (χ4n) is 2.36. The van der Waals surface area contributed by atoms with Gasteiger partial charge in [-0.3, -0.25) is 4.79 Å². The van der Waals surface area contributed by atoms with E-state index in [0.717, 1.165) is 5.56 Å². The van der Waals surface area contributed by atoms with Crippen molar-refractivity contribution < 1.29 is 13.2 Å². The third-order valence-corrected chi connectivity index (χ3v) is 5.51. The van der Waals surface area contributed by atoms with Crippen molar-refractivity contribution in [2.75, 3.05) is 0 Å². The molecule has 2 aromatic rings. The number of amides is 1. The minimum absolute atomic E-state index is 0.181. The molecule has 0 unspecified atom stereocenters. The SMILES string of the molecule is O=C1N[C@@H](c2ccccc2)[C@H]1S(=O)(=O)c1ccccc1. The molecule has 1 heterocycles. The topological polar surface area (TPSA) is 63.2 Å². The van der Waals surface area contributed by atoms with Crippen LogP contribution in [-0.4, -0.2) is 19.6 Å². The zero-order valence-corrected chi connectivity index (χ0v) is 11.4. The first-order valence-corrected chi connectivity index (χ1v) is 7.79. The van der Waals surface area contributed by atoms with Crippen LogP contribution >= 0.6 is 0 Å². The van der Waals surface area contributed by atoms with E-state index in [1.807, 2.05) is 30.3 Å². The molecule has 0 aliphatic carbocycles. The summed E-state index contributed by atoms with van der Waals surface area (Å²) >= 11 is 0. The molecule has 5 heteroatoms. The van der Waals surface area contributed by atoms with Crippen molar-refractivity contribution in [3.63, 3.8) is 0 Å². The molecule has 0 radical (unpaired) electrons. The lowest BCUT2D eigenvalue weighted by atomic mass is 9.97. The Morgan fingerprint density at radius 3 is 1.95 bits per heavy atom. The molecule has 0 aromatic heterocycles. The molecule has 2 aromatic carbocycles. The molecule has 1 aliphatic rings. The molecular weight excluding hydrogens is 274 g/mol. The monoisotopic (exact) mass is 287 g/mol. The van der Waals surface area contributed by atoms with E-state index in [9.17, 15) is 13.2 Å². The molecule has 2 atom stereocenters. The Morgan fingerprint density at radius 2 is 1.40 bits per heavy atom. The summed E-state index contributed by atoms with van der Waals surface area (Å²) in [6.07, 6.45) is 0. The first-order chi connectivity index (χ1) is 9.60. The van der Waals surface area contributed by atoms with E-state index in [1.54, 1.807) is 18.2 Å². The maximum atomic E-state index is 12.5. The van der Waals surface area contributed by atoms with Gasteiger partial charge in [-0.1, -0.05) is 48.5 Å². The van der Waals surface area contributed by atoms with Crippen molar-refractivity contribution in [1.82, 2.24) is 5.32 Å². The average molecular weight is 287 g/mol. The van der Waals surface area contributed by atoms with Gasteiger partial charge in [0.25, 0.3) is 0 Å². The molecule has 0 bridgehead atoms. The molecule has 20 heavy (non-hydrogen) atoms. The number of hydrogen-bond donors (Lipinski definition) is 1.